The zero-order chi connectivity index (χ0) is 16.3. The number of piperidine rings is 1. The molecular formula is C19H32N4. The number of guanidine groups is 1. The molecule has 0 unspecified atom stereocenters. The van der Waals surface area contributed by atoms with Gasteiger partial charge in [-0.05, 0) is 24.8 Å². The van der Waals surface area contributed by atoms with E-state index in [1.807, 2.05) is 7.05 Å². The summed E-state index contributed by atoms with van der Waals surface area (Å²) in [4.78, 5) is 6.89. The standard InChI is InChI=1S/C19H32N4/c1-3-4-8-13-21-19(20-2)22-18-11-14-23(15-12-18)16-17-9-6-5-7-10-17/h5-7,9-10,18H,3-4,8,11-16H2,1-2H3,(H2,20,21,22). The minimum atomic E-state index is 0.541. The van der Waals surface area contributed by atoms with Gasteiger partial charge >= 0.3 is 0 Å². The van der Waals surface area contributed by atoms with E-state index in [0.717, 1.165) is 32.1 Å². The molecule has 0 saturated carbocycles. The van der Waals surface area contributed by atoms with Crippen molar-refractivity contribution in [3.05, 3.63) is 35.9 Å². The fourth-order valence-electron chi connectivity index (χ4n) is 3.05. The Labute approximate surface area is 141 Å². The van der Waals surface area contributed by atoms with E-state index in [1.165, 1.54) is 37.7 Å². The first-order valence-corrected chi connectivity index (χ1v) is 9.05. The van der Waals surface area contributed by atoms with Crippen LogP contribution in [0, 0.1) is 0 Å². The molecule has 1 aromatic carbocycles. The monoisotopic (exact) mass is 316 g/mol. The second-order valence-electron chi connectivity index (χ2n) is 6.39. The Hall–Kier alpha value is -1.55. The van der Waals surface area contributed by atoms with Crippen LogP contribution in [0.5, 0.6) is 0 Å². The van der Waals surface area contributed by atoms with E-state index in [4.69, 9.17) is 0 Å². The van der Waals surface area contributed by atoms with Crippen molar-refractivity contribution in [2.45, 2.75) is 51.6 Å². The van der Waals surface area contributed by atoms with Crippen molar-refractivity contribution in [3.8, 4) is 0 Å². The van der Waals surface area contributed by atoms with Gasteiger partial charge < -0.3 is 10.6 Å². The van der Waals surface area contributed by atoms with Gasteiger partial charge in [-0.2, -0.15) is 0 Å². The molecule has 1 fully saturated rings. The Morgan fingerprint density at radius 3 is 2.57 bits per heavy atom. The summed E-state index contributed by atoms with van der Waals surface area (Å²) < 4.78 is 0. The molecule has 2 N–H and O–H groups in total. The van der Waals surface area contributed by atoms with Gasteiger partial charge in [0.25, 0.3) is 0 Å². The maximum Gasteiger partial charge on any atom is 0.191 e. The number of nitrogens with one attached hydrogen (secondary N) is 2. The Bertz CT molecular complexity index is 450. The summed E-state index contributed by atoms with van der Waals surface area (Å²) in [6.07, 6.45) is 6.12. The number of unbranched alkanes of at least 4 members (excludes halogenated alkanes) is 2. The third kappa shape index (κ3) is 6.61. The lowest BCUT2D eigenvalue weighted by molar-refractivity contribution is 0.198. The second-order valence-corrected chi connectivity index (χ2v) is 6.39. The average Bonchev–Trinajstić information content (AvgIpc) is 2.60. The largest absolute Gasteiger partial charge is 0.356 e. The number of likely N-dealkylation sites (tertiary alicyclic amines) is 1. The topological polar surface area (TPSA) is 39.7 Å². The number of aliphatic imine (C=N–C) groups is 1. The van der Waals surface area contributed by atoms with Crippen molar-refractivity contribution >= 4 is 5.96 Å². The highest BCUT2D eigenvalue weighted by atomic mass is 15.2. The van der Waals surface area contributed by atoms with Gasteiger partial charge in [0.2, 0.25) is 0 Å². The van der Waals surface area contributed by atoms with Crippen LogP contribution in [0.25, 0.3) is 0 Å². The van der Waals surface area contributed by atoms with E-state index in [9.17, 15) is 0 Å². The Morgan fingerprint density at radius 1 is 1.17 bits per heavy atom. The van der Waals surface area contributed by atoms with E-state index in [2.05, 4.69) is 57.8 Å². The summed E-state index contributed by atoms with van der Waals surface area (Å²) in [6.45, 7) is 6.62. The predicted molar refractivity (Wildman–Crippen MR) is 98.8 cm³/mol. The van der Waals surface area contributed by atoms with E-state index in [0.29, 0.717) is 6.04 Å². The van der Waals surface area contributed by atoms with E-state index >= 15 is 0 Å². The third-order valence-corrected chi connectivity index (χ3v) is 4.47. The van der Waals surface area contributed by atoms with Crippen molar-refractivity contribution in [1.82, 2.24) is 15.5 Å². The molecule has 0 radical (unpaired) electrons. The fraction of sp³-hybridized carbons (Fsp3) is 0.632. The zero-order valence-corrected chi connectivity index (χ0v) is 14.7. The lowest BCUT2D eigenvalue weighted by Crippen LogP contribution is -2.48. The number of hydrogen-bond acceptors (Lipinski definition) is 2. The van der Waals surface area contributed by atoms with E-state index in [1.54, 1.807) is 0 Å². The van der Waals surface area contributed by atoms with E-state index < -0.39 is 0 Å². The summed E-state index contributed by atoms with van der Waals surface area (Å²) in [5.74, 6) is 0.961. The van der Waals surface area contributed by atoms with Gasteiger partial charge in [-0.25, -0.2) is 0 Å². The summed E-state index contributed by atoms with van der Waals surface area (Å²) in [6, 6.07) is 11.3. The lowest BCUT2D eigenvalue weighted by Gasteiger charge is -2.33. The van der Waals surface area contributed by atoms with Crippen molar-refractivity contribution in [3.63, 3.8) is 0 Å². The van der Waals surface area contributed by atoms with Gasteiger partial charge in [0, 0.05) is 39.3 Å². The number of benzene rings is 1. The maximum atomic E-state index is 4.35. The minimum absolute atomic E-state index is 0.541. The van der Waals surface area contributed by atoms with Crippen LogP contribution < -0.4 is 10.6 Å². The molecule has 0 spiro atoms. The zero-order valence-electron chi connectivity index (χ0n) is 14.7. The van der Waals surface area contributed by atoms with Crippen molar-refractivity contribution in [1.29, 1.82) is 0 Å². The molecular weight excluding hydrogens is 284 g/mol. The van der Waals surface area contributed by atoms with Crippen LogP contribution in [-0.4, -0.2) is 43.6 Å². The molecule has 1 aliphatic heterocycles. The molecule has 2 rings (SSSR count). The summed E-state index contributed by atoms with van der Waals surface area (Å²) in [7, 11) is 1.86. The fourth-order valence-corrected chi connectivity index (χ4v) is 3.05. The smallest absolute Gasteiger partial charge is 0.191 e. The van der Waals surface area contributed by atoms with Crippen molar-refractivity contribution in [2.24, 2.45) is 4.99 Å². The second kappa shape index (κ2) is 10.3. The molecule has 0 bridgehead atoms. The molecule has 0 aliphatic carbocycles. The average molecular weight is 316 g/mol. The van der Waals surface area contributed by atoms with Crippen LogP contribution in [-0.2, 0) is 6.54 Å². The summed E-state index contributed by atoms with van der Waals surface area (Å²) in [5, 5.41) is 7.01. The van der Waals surface area contributed by atoms with Gasteiger partial charge in [0.1, 0.15) is 0 Å². The van der Waals surface area contributed by atoms with Crippen LogP contribution in [0.4, 0.5) is 0 Å². The normalized spacial score (nSPS) is 17.2. The molecule has 1 saturated heterocycles. The first-order valence-electron chi connectivity index (χ1n) is 9.05. The Balaban J connectivity index is 1.67. The molecule has 1 aliphatic rings. The molecule has 4 heteroatoms. The molecule has 1 aromatic rings. The van der Waals surface area contributed by atoms with Crippen molar-refractivity contribution in [2.75, 3.05) is 26.7 Å². The van der Waals surface area contributed by atoms with Crippen LogP contribution in [0.2, 0.25) is 0 Å². The maximum absolute atomic E-state index is 4.35. The van der Waals surface area contributed by atoms with Gasteiger partial charge in [0.15, 0.2) is 5.96 Å². The van der Waals surface area contributed by atoms with Gasteiger partial charge in [0.05, 0.1) is 0 Å². The Kier molecular flexibility index (Phi) is 7.95. The number of hydrogen-bond donors (Lipinski definition) is 2. The molecule has 0 amide bonds. The third-order valence-electron chi connectivity index (χ3n) is 4.47. The first-order chi connectivity index (χ1) is 11.3. The lowest BCUT2D eigenvalue weighted by atomic mass is 10.0. The summed E-state index contributed by atoms with van der Waals surface area (Å²) in [5.41, 5.74) is 1.41. The Morgan fingerprint density at radius 2 is 1.91 bits per heavy atom. The highest BCUT2D eigenvalue weighted by molar-refractivity contribution is 5.79. The highest BCUT2D eigenvalue weighted by Gasteiger charge is 2.19. The summed E-state index contributed by atoms with van der Waals surface area (Å²) >= 11 is 0. The molecule has 4 nitrogen and oxygen atoms in total. The quantitative estimate of drug-likeness (QED) is 0.461. The van der Waals surface area contributed by atoms with E-state index in [-0.39, 0.29) is 0 Å². The first kappa shape index (κ1) is 17.8. The van der Waals surface area contributed by atoms with Gasteiger partial charge in [-0.1, -0.05) is 50.1 Å². The van der Waals surface area contributed by atoms with Crippen LogP contribution in [0.1, 0.15) is 44.6 Å². The molecule has 128 valence electrons. The minimum Gasteiger partial charge on any atom is -0.356 e. The number of rotatable bonds is 7. The highest BCUT2D eigenvalue weighted by Crippen LogP contribution is 2.13. The van der Waals surface area contributed by atoms with Crippen LogP contribution >= 0.6 is 0 Å². The molecule has 23 heavy (non-hydrogen) atoms. The SMILES string of the molecule is CCCCCNC(=NC)NC1CCN(Cc2ccccc2)CC1. The van der Waals surface area contributed by atoms with Gasteiger partial charge in [-0.15, -0.1) is 0 Å². The van der Waals surface area contributed by atoms with Crippen LogP contribution in [0.3, 0.4) is 0 Å². The molecule has 1 heterocycles. The molecule has 0 atom stereocenters. The van der Waals surface area contributed by atoms with Crippen molar-refractivity contribution < 1.29 is 0 Å². The molecule has 0 aromatic heterocycles. The number of nitrogens with zero attached hydrogens (tertiary/aromatic N) is 2. The van der Waals surface area contributed by atoms with Crippen LogP contribution in [0.15, 0.2) is 35.3 Å². The van der Waals surface area contributed by atoms with Gasteiger partial charge in [-0.3, -0.25) is 9.89 Å². The predicted octanol–water partition coefficient (Wildman–Crippen LogP) is 3.01.